The number of ether oxygens (including phenoxy) is 2. The monoisotopic (exact) mass is 350 g/mol. The van der Waals surface area contributed by atoms with Crippen LogP contribution in [-0.2, 0) is 21.3 Å². The summed E-state index contributed by atoms with van der Waals surface area (Å²) in [5.74, 6) is 0.449. The van der Waals surface area contributed by atoms with E-state index in [1.807, 2.05) is 12.1 Å². The highest BCUT2D eigenvalue weighted by atomic mass is 79.9. The second kappa shape index (κ2) is 6.25. The van der Waals surface area contributed by atoms with Crippen molar-refractivity contribution in [3.05, 3.63) is 27.7 Å². The second-order valence-corrected chi connectivity index (χ2v) is 4.51. The van der Waals surface area contributed by atoms with Crippen molar-refractivity contribution >= 4 is 37.8 Å². The minimum Gasteiger partial charge on any atom is -0.496 e. The summed E-state index contributed by atoms with van der Waals surface area (Å²) in [6.45, 7) is 0. The van der Waals surface area contributed by atoms with Crippen molar-refractivity contribution in [2.45, 2.75) is 11.8 Å². The number of carbonyl (C=O) groups excluding carboxylic acids is 1. The molecule has 0 saturated carbocycles. The maximum absolute atomic E-state index is 11.2. The minimum absolute atomic E-state index is 0.230. The van der Waals surface area contributed by atoms with Gasteiger partial charge in [-0.3, -0.25) is 4.79 Å². The highest BCUT2D eigenvalue weighted by molar-refractivity contribution is 9.10. The summed E-state index contributed by atoms with van der Waals surface area (Å²) in [6, 6.07) is 3.86. The molecule has 1 rings (SSSR count). The molecule has 16 heavy (non-hydrogen) atoms. The van der Waals surface area contributed by atoms with Gasteiger partial charge in [0.15, 0.2) is 0 Å². The van der Waals surface area contributed by atoms with E-state index in [0.29, 0.717) is 5.33 Å². The van der Waals surface area contributed by atoms with Gasteiger partial charge in [0.2, 0.25) is 0 Å². The van der Waals surface area contributed by atoms with Crippen LogP contribution in [0.1, 0.15) is 11.1 Å². The van der Waals surface area contributed by atoms with Crippen molar-refractivity contribution in [3.8, 4) is 5.75 Å². The van der Waals surface area contributed by atoms with E-state index in [0.717, 1.165) is 21.3 Å². The summed E-state index contributed by atoms with van der Waals surface area (Å²) in [5, 5.41) is 0.713. The minimum atomic E-state index is -0.269. The Balaban J connectivity index is 3.10. The molecule has 0 aliphatic rings. The first-order chi connectivity index (χ1) is 7.62. The lowest BCUT2D eigenvalue weighted by Gasteiger charge is -2.10. The SMILES string of the molecule is COC(=O)Cc1cc(CBr)cc(OC)c1Br. The zero-order chi connectivity index (χ0) is 12.1. The fourth-order valence-corrected chi connectivity index (χ4v) is 2.16. The van der Waals surface area contributed by atoms with E-state index in [1.54, 1.807) is 7.11 Å². The summed E-state index contributed by atoms with van der Waals surface area (Å²) < 4.78 is 10.7. The van der Waals surface area contributed by atoms with E-state index in [1.165, 1.54) is 7.11 Å². The number of alkyl halides is 1. The fourth-order valence-electron chi connectivity index (χ4n) is 1.30. The third-order valence-corrected chi connectivity index (χ3v) is 3.66. The smallest absolute Gasteiger partial charge is 0.310 e. The Labute approximate surface area is 111 Å². The van der Waals surface area contributed by atoms with Gasteiger partial charge in [0.1, 0.15) is 5.75 Å². The molecule has 0 unspecified atom stereocenters. The van der Waals surface area contributed by atoms with Crippen LogP contribution in [0.25, 0.3) is 0 Å². The molecule has 88 valence electrons. The number of benzene rings is 1. The van der Waals surface area contributed by atoms with E-state index < -0.39 is 0 Å². The van der Waals surface area contributed by atoms with Crippen LogP contribution in [0.15, 0.2) is 16.6 Å². The normalized spacial score (nSPS) is 10.0. The molecule has 0 radical (unpaired) electrons. The van der Waals surface area contributed by atoms with Crippen molar-refractivity contribution in [3.63, 3.8) is 0 Å². The maximum Gasteiger partial charge on any atom is 0.310 e. The first-order valence-electron chi connectivity index (χ1n) is 4.60. The highest BCUT2D eigenvalue weighted by Gasteiger charge is 2.12. The van der Waals surface area contributed by atoms with Gasteiger partial charge < -0.3 is 9.47 Å². The Morgan fingerprint density at radius 1 is 1.38 bits per heavy atom. The molecule has 0 heterocycles. The molecule has 0 bridgehead atoms. The van der Waals surface area contributed by atoms with Gasteiger partial charge in [-0.1, -0.05) is 22.0 Å². The predicted molar refractivity (Wildman–Crippen MR) is 69.0 cm³/mol. The topological polar surface area (TPSA) is 35.5 Å². The Morgan fingerprint density at radius 3 is 2.56 bits per heavy atom. The molecule has 3 nitrogen and oxygen atoms in total. The van der Waals surface area contributed by atoms with E-state index in [2.05, 4.69) is 36.6 Å². The summed E-state index contributed by atoms with van der Waals surface area (Å²) >= 11 is 6.79. The Hall–Kier alpha value is -0.550. The van der Waals surface area contributed by atoms with Crippen LogP contribution < -0.4 is 4.74 Å². The molecule has 0 aromatic heterocycles. The maximum atomic E-state index is 11.2. The molecule has 1 aromatic rings. The quantitative estimate of drug-likeness (QED) is 0.617. The molecular formula is C11H12Br2O3. The first-order valence-corrected chi connectivity index (χ1v) is 6.51. The fraction of sp³-hybridized carbons (Fsp3) is 0.364. The van der Waals surface area contributed by atoms with E-state index in [-0.39, 0.29) is 12.4 Å². The molecule has 1 aromatic carbocycles. The third kappa shape index (κ3) is 3.22. The van der Waals surface area contributed by atoms with Crippen molar-refractivity contribution in [1.82, 2.24) is 0 Å². The van der Waals surface area contributed by atoms with Crippen molar-refractivity contribution in [2.24, 2.45) is 0 Å². The number of halogens is 2. The second-order valence-electron chi connectivity index (χ2n) is 3.16. The van der Waals surface area contributed by atoms with Gasteiger partial charge >= 0.3 is 5.97 Å². The average Bonchev–Trinajstić information content (AvgIpc) is 2.31. The molecular weight excluding hydrogens is 340 g/mol. The van der Waals surface area contributed by atoms with Crippen LogP contribution in [0.3, 0.4) is 0 Å². The van der Waals surface area contributed by atoms with Crippen LogP contribution in [0.5, 0.6) is 5.75 Å². The summed E-state index contributed by atoms with van der Waals surface area (Å²) in [7, 11) is 2.97. The van der Waals surface area contributed by atoms with Crippen LogP contribution in [0.4, 0.5) is 0 Å². The average molecular weight is 352 g/mol. The van der Waals surface area contributed by atoms with E-state index in [4.69, 9.17) is 4.74 Å². The van der Waals surface area contributed by atoms with Gasteiger partial charge in [-0.2, -0.15) is 0 Å². The lowest BCUT2D eigenvalue weighted by Crippen LogP contribution is -2.06. The number of esters is 1. The summed E-state index contributed by atoms with van der Waals surface area (Å²) in [6.07, 6.45) is 0.230. The third-order valence-electron chi connectivity index (χ3n) is 2.11. The Kier molecular flexibility index (Phi) is 5.28. The zero-order valence-electron chi connectivity index (χ0n) is 9.05. The molecule has 0 N–H and O–H groups in total. The number of methoxy groups -OCH3 is 2. The number of rotatable bonds is 4. The Morgan fingerprint density at radius 2 is 2.06 bits per heavy atom. The molecule has 0 aliphatic heterocycles. The zero-order valence-corrected chi connectivity index (χ0v) is 12.2. The molecule has 0 aliphatic carbocycles. The van der Waals surface area contributed by atoms with Gasteiger partial charge in [-0.15, -0.1) is 0 Å². The largest absolute Gasteiger partial charge is 0.496 e. The Bertz CT molecular complexity index is 391. The highest BCUT2D eigenvalue weighted by Crippen LogP contribution is 2.31. The van der Waals surface area contributed by atoms with Gasteiger partial charge in [0.25, 0.3) is 0 Å². The number of carbonyl (C=O) groups is 1. The molecule has 0 atom stereocenters. The first kappa shape index (κ1) is 13.5. The molecule has 0 saturated heterocycles. The number of hydrogen-bond donors (Lipinski definition) is 0. The number of hydrogen-bond acceptors (Lipinski definition) is 3. The predicted octanol–water partition coefficient (Wildman–Crippen LogP) is 3.07. The standard InChI is InChI=1S/C11H12Br2O3/c1-15-9-4-7(6-12)3-8(11(9)13)5-10(14)16-2/h3-4H,5-6H2,1-2H3. The van der Waals surface area contributed by atoms with Crippen molar-refractivity contribution in [1.29, 1.82) is 0 Å². The lowest BCUT2D eigenvalue weighted by atomic mass is 10.1. The van der Waals surface area contributed by atoms with Crippen LogP contribution in [-0.4, -0.2) is 20.2 Å². The molecule has 0 spiro atoms. The molecule has 0 fully saturated rings. The van der Waals surface area contributed by atoms with Gasteiger partial charge in [-0.25, -0.2) is 0 Å². The van der Waals surface area contributed by atoms with Crippen LogP contribution >= 0.6 is 31.9 Å². The van der Waals surface area contributed by atoms with Crippen molar-refractivity contribution in [2.75, 3.05) is 14.2 Å². The summed E-state index contributed by atoms with van der Waals surface area (Å²) in [5.41, 5.74) is 1.92. The van der Waals surface area contributed by atoms with Gasteiger partial charge in [-0.05, 0) is 33.1 Å². The molecule has 0 amide bonds. The van der Waals surface area contributed by atoms with Crippen molar-refractivity contribution < 1.29 is 14.3 Å². The van der Waals surface area contributed by atoms with E-state index >= 15 is 0 Å². The van der Waals surface area contributed by atoms with Gasteiger partial charge in [0.05, 0.1) is 25.1 Å². The van der Waals surface area contributed by atoms with Crippen LogP contribution in [0, 0.1) is 0 Å². The van der Waals surface area contributed by atoms with Gasteiger partial charge in [0, 0.05) is 5.33 Å². The van der Waals surface area contributed by atoms with E-state index in [9.17, 15) is 4.79 Å². The summed E-state index contributed by atoms with van der Waals surface area (Å²) in [4.78, 5) is 11.2. The lowest BCUT2D eigenvalue weighted by molar-refractivity contribution is -0.139. The van der Waals surface area contributed by atoms with Crippen LogP contribution in [0.2, 0.25) is 0 Å². The molecule has 5 heteroatoms.